The largest absolute Gasteiger partial charge is 0.416 e. The number of piperidine rings is 1. The summed E-state index contributed by atoms with van der Waals surface area (Å²) < 4.78 is 40.1. The zero-order chi connectivity index (χ0) is 24.3. The minimum Gasteiger partial charge on any atom is -0.361 e. The van der Waals surface area contributed by atoms with E-state index < -0.39 is 11.7 Å². The predicted octanol–water partition coefficient (Wildman–Crippen LogP) is 6.04. The molecule has 2 aromatic carbocycles. The number of halogens is 3. The SMILES string of the molecule is FC(F)(F)c1ccc(CCN2CCC(CCCc3c[nH]c4ccc(-n5cnnc5)cc34)CC2)cc1. The Morgan fingerprint density at radius 1 is 0.943 bits per heavy atom. The highest BCUT2D eigenvalue weighted by atomic mass is 19.4. The minimum absolute atomic E-state index is 0.578. The van der Waals surface area contributed by atoms with Gasteiger partial charge >= 0.3 is 6.18 Å². The number of nitrogens with one attached hydrogen (secondary N) is 1. The summed E-state index contributed by atoms with van der Waals surface area (Å²) in [6.07, 6.45) is 7.91. The fourth-order valence-electron chi connectivity index (χ4n) is 5.10. The molecule has 1 saturated heterocycles. The lowest BCUT2D eigenvalue weighted by atomic mass is 9.90. The molecule has 184 valence electrons. The van der Waals surface area contributed by atoms with Crippen LogP contribution in [0.2, 0.25) is 0 Å². The van der Waals surface area contributed by atoms with Gasteiger partial charge in [0.15, 0.2) is 0 Å². The fraction of sp³-hybridized carbons (Fsp3) is 0.407. The standard InChI is InChI=1S/C27H30F3N5/c28-27(29,30)23-6-4-21(5-7-23)12-15-34-13-10-20(11-14-34)2-1-3-22-17-31-26-9-8-24(16-25(22)26)35-18-32-33-19-35/h4-9,16-20,31H,1-3,10-15H2. The summed E-state index contributed by atoms with van der Waals surface area (Å²) in [5.41, 5.74) is 3.95. The van der Waals surface area contributed by atoms with Gasteiger partial charge in [0.1, 0.15) is 12.7 Å². The Morgan fingerprint density at radius 3 is 2.40 bits per heavy atom. The van der Waals surface area contributed by atoms with Crippen molar-refractivity contribution in [2.45, 2.75) is 44.7 Å². The molecule has 2 aromatic heterocycles. The van der Waals surface area contributed by atoms with E-state index in [9.17, 15) is 13.2 Å². The first-order valence-electron chi connectivity index (χ1n) is 12.3. The first kappa shape index (κ1) is 23.6. The molecule has 0 bridgehead atoms. The molecule has 0 atom stereocenters. The van der Waals surface area contributed by atoms with Crippen LogP contribution in [0.3, 0.4) is 0 Å². The number of hydrogen-bond acceptors (Lipinski definition) is 3. The average Bonchev–Trinajstić information content (AvgIpc) is 3.54. The molecule has 4 aromatic rings. The maximum Gasteiger partial charge on any atom is 0.416 e. The van der Waals surface area contributed by atoms with Gasteiger partial charge in [-0.15, -0.1) is 10.2 Å². The number of fused-ring (bicyclic) bond motifs is 1. The smallest absolute Gasteiger partial charge is 0.361 e. The maximum atomic E-state index is 12.7. The molecule has 0 saturated carbocycles. The highest BCUT2D eigenvalue weighted by Crippen LogP contribution is 2.29. The molecule has 1 aliphatic heterocycles. The highest BCUT2D eigenvalue weighted by molar-refractivity contribution is 5.85. The van der Waals surface area contributed by atoms with Crippen LogP contribution < -0.4 is 0 Å². The van der Waals surface area contributed by atoms with Gasteiger partial charge in [0.25, 0.3) is 0 Å². The van der Waals surface area contributed by atoms with Gasteiger partial charge in [-0.05, 0) is 92.6 Å². The van der Waals surface area contributed by atoms with Crippen LogP contribution in [0.25, 0.3) is 16.6 Å². The van der Waals surface area contributed by atoms with Crippen molar-refractivity contribution in [2.75, 3.05) is 19.6 Å². The molecule has 1 fully saturated rings. The molecule has 0 spiro atoms. The molecule has 0 unspecified atom stereocenters. The summed E-state index contributed by atoms with van der Waals surface area (Å²) in [6, 6.07) is 12.0. The van der Waals surface area contributed by atoms with E-state index in [4.69, 9.17) is 0 Å². The Kier molecular flexibility index (Phi) is 6.90. The molecule has 3 heterocycles. The van der Waals surface area contributed by atoms with E-state index in [-0.39, 0.29) is 0 Å². The van der Waals surface area contributed by atoms with Crippen molar-refractivity contribution < 1.29 is 13.2 Å². The van der Waals surface area contributed by atoms with E-state index in [0.29, 0.717) is 0 Å². The first-order chi connectivity index (χ1) is 17.0. The van der Waals surface area contributed by atoms with E-state index in [1.807, 2.05) is 4.57 Å². The number of aryl methyl sites for hydroxylation is 1. The third-order valence-electron chi connectivity index (χ3n) is 7.23. The Balaban J connectivity index is 1.06. The van der Waals surface area contributed by atoms with Crippen LogP contribution in [0.15, 0.2) is 61.3 Å². The van der Waals surface area contributed by atoms with Crippen molar-refractivity contribution >= 4 is 10.9 Å². The van der Waals surface area contributed by atoms with E-state index >= 15 is 0 Å². The van der Waals surface area contributed by atoms with Crippen LogP contribution in [0, 0.1) is 5.92 Å². The van der Waals surface area contributed by atoms with E-state index in [1.54, 1.807) is 24.8 Å². The molecule has 0 amide bonds. The van der Waals surface area contributed by atoms with Crippen molar-refractivity contribution in [2.24, 2.45) is 5.92 Å². The highest BCUT2D eigenvalue weighted by Gasteiger charge is 2.30. The number of benzene rings is 2. The maximum absolute atomic E-state index is 12.7. The number of nitrogens with zero attached hydrogens (tertiary/aromatic N) is 4. The number of likely N-dealkylation sites (tertiary alicyclic amines) is 1. The summed E-state index contributed by atoms with van der Waals surface area (Å²) in [6.45, 7) is 3.05. The zero-order valence-corrected chi connectivity index (χ0v) is 19.6. The first-order valence-corrected chi connectivity index (χ1v) is 12.3. The van der Waals surface area contributed by atoms with E-state index in [2.05, 4.69) is 44.5 Å². The number of aromatic nitrogens is 4. The van der Waals surface area contributed by atoms with Gasteiger partial charge in [0, 0.05) is 29.3 Å². The molecule has 1 N–H and O–H groups in total. The Morgan fingerprint density at radius 2 is 1.69 bits per heavy atom. The summed E-state index contributed by atoms with van der Waals surface area (Å²) in [5.74, 6) is 0.745. The molecule has 0 aliphatic carbocycles. The average molecular weight is 482 g/mol. The third kappa shape index (κ3) is 5.75. The van der Waals surface area contributed by atoms with Gasteiger partial charge in [-0.25, -0.2) is 0 Å². The zero-order valence-electron chi connectivity index (χ0n) is 19.6. The second kappa shape index (κ2) is 10.2. The third-order valence-corrected chi connectivity index (χ3v) is 7.23. The summed E-state index contributed by atoms with van der Waals surface area (Å²) >= 11 is 0. The van der Waals surface area contributed by atoms with E-state index in [1.165, 1.54) is 48.8 Å². The fourth-order valence-corrected chi connectivity index (χ4v) is 5.10. The Labute approximate surface area is 203 Å². The van der Waals surface area contributed by atoms with Gasteiger partial charge in [-0.1, -0.05) is 18.6 Å². The van der Waals surface area contributed by atoms with Gasteiger partial charge in [-0.3, -0.25) is 4.57 Å². The topological polar surface area (TPSA) is 49.7 Å². The van der Waals surface area contributed by atoms with Crippen LogP contribution in [-0.4, -0.2) is 44.3 Å². The van der Waals surface area contributed by atoms with Gasteiger partial charge in [0.05, 0.1) is 5.56 Å². The molecule has 35 heavy (non-hydrogen) atoms. The number of hydrogen-bond donors (Lipinski definition) is 1. The monoisotopic (exact) mass is 481 g/mol. The van der Waals surface area contributed by atoms with Crippen LogP contribution in [-0.2, 0) is 19.0 Å². The molecular weight excluding hydrogens is 451 g/mol. The molecule has 0 radical (unpaired) electrons. The Hall–Kier alpha value is -3.13. The molecule has 5 nitrogen and oxygen atoms in total. The summed E-state index contributed by atoms with van der Waals surface area (Å²) in [7, 11) is 0. The molecule has 8 heteroatoms. The summed E-state index contributed by atoms with van der Waals surface area (Å²) in [4.78, 5) is 5.83. The van der Waals surface area contributed by atoms with Crippen molar-refractivity contribution in [3.63, 3.8) is 0 Å². The van der Waals surface area contributed by atoms with Gasteiger partial charge in [-0.2, -0.15) is 13.2 Å². The quantitative estimate of drug-likeness (QED) is 0.334. The van der Waals surface area contributed by atoms with Gasteiger partial charge < -0.3 is 9.88 Å². The lowest BCUT2D eigenvalue weighted by molar-refractivity contribution is -0.137. The van der Waals surface area contributed by atoms with Crippen molar-refractivity contribution in [1.82, 2.24) is 24.6 Å². The van der Waals surface area contributed by atoms with Gasteiger partial charge in [0.2, 0.25) is 0 Å². The number of rotatable bonds is 8. The van der Waals surface area contributed by atoms with Crippen LogP contribution in [0.5, 0.6) is 0 Å². The van der Waals surface area contributed by atoms with Crippen molar-refractivity contribution in [3.05, 3.63) is 78.0 Å². The minimum atomic E-state index is -4.27. The normalized spacial score (nSPS) is 15.7. The number of aromatic amines is 1. The second-order valence-corrected chi connectivity index (χ2v) is 9.53. The molecular formula is C27H30F3N5. The van der Waals surface area contributed by atoms with Crippen molar-refractivity contribution in [1.29, 1.82) is 0 Å². The Bertz CT molecular complexity index is 1220. The summed E-state index contributed by atoms with van der Waals surface area (Å²) in [5, 5.41) is 9.05. The molecule has 1 aliphatic rings. The molecule has 5 rings (SSSR count). The van der Waals surface area contributed by atoms with Crippen molar-refractivity contribution in [3.8, 4) is 5.69 Å². The van der Waals surface area contributed by atoms with Crippen LogP contribution in [0.1, 0.15) is 42.4 Å². The predicted molar refractivity (Wildman–Crippen MR) is 130 cm³/mol. The number of H-pyrrole nitrogens is 1. The number of alkyl halides is 3. The lowest BCUT2D eigenvalue weighted by Gasteiger charge is -2.32. The van der Waals surface area contributed by atoms with Crippen LogP contribution >= 0.6 is 0 Å². The second-order valence-electron chi connectivity index (χ2n) is 9.53. The van der Waals surface area contributed by atoms with Crippen LogP contribution in [0.4, 0.5) is 13.2 Å². The lowest BCUT2D eigenvalue weighted by Crippen LogP contribution is -2.35. The van der Waals surface area contributed by atoms with E-state index in [0.717, 1.165) is 55.2 Å².